The van der Waals surface area contributed by atoms with Crippen LogP contribution in [0.1, 0.15) is 16.7 Å². The number of halogens is 1. The summed E-state index contributed by atoms with van der Waals surface area (Å²) in [5.74, 6) is 5.96. The zero-order valence-corrected chi connectivity index (χ0v) is 13.8. The molecule has 4 nitrogen and oxygen atoms in total. The van der Waals surface area contributed by atoms with Gasteiger partial charge in [0.1, 0.15) is 5.82 Å². The van der Waals surface area contributed by atoms with Gasteiger partial charge in [0.05, 0.1) is 12.1 Å². The van der Waals surface area contributed by atoms with Gasteiger partial charge >= 0.3 is 0 Å². The lowest BCUT2D eigenvalue weighted by atomic mass is 10.1. The van der Waals surface area contributed by atoms with Gasteiger partial charge in [0.15, 0.2) is 0 Å². The average Bonchev–Trinajstić information content (AvgIpc) is 3.11. The van der Waals surface area contributed by atoms with Gasteiger partial charge in [0.2, 0.25) is 0 Å². The third-order valence-corrected chi connectivity index (χ3v) is 3.82. The molecule has 126 valence electrons. The molecule has 3 aromatic rings. The minimum Gasteiger partial charge on any atom is -0.465 e. The first-order chi connectivity index (χ1) is 12.2. The molecule has 0 saturated heterocycles. The molecule has 0 atom stereocenters. The highest BCUT2D eigenvalue weighted by Crippen LogP contribution is 2.16. The molecular formula is C20H18FN3O. The van der Waals surface area contributed by atoms with Crippen LogP contribution in [-0.4, -0.2) is 24.7 Å². The third-order valence-electron chi connectivity index (χ3n) is 3.82. The molecule has 0 fully saturated rings. The highest BCUT2D eigenvalue weighted by Gasteiger charge is 2.04. The monoisotopic (exact) mass is 335 g/mol. The largest absolute Gasteiger partial charge is 0.465 e. The summed E-state index contributed by atoms with van der Waals surface area (Å²) in [6, 6.07) is 12.9. The Morgan fingerprint density at radius 1 is 1.24 bits per heavy atom. The molecule has 2 aromatic carbocycles. The maximum Gasteiger partial charge on any atom is 0.281 e. The van der Waals surface area contributed by atoms with Crippen LogP contribution in [0, 0.1) is 17.7 Å². The first-order valence-corrected chi connectivity index (χ1v) is 7.89. The van der Waals surface area contributed by atoms with Crippen molar-refractivity contribution in [3.05, 3.63) is 71.2 Å². The number of aromatic nitrogens is 1. The highest BCUT2D eigenvalue weighted by molar-refractivity contribution is 5.85. The lowest BCUT2D eigenvalue weighted by Crippen LogP contribution is -2.17. The van der Waals surface area contributed by atoms with Gasteiger partial charge in [-0.2, -0.15) is 0 Å². The molecule has 0 aliphatic heterocycles. The van der Waals surface area contributed by atoms with E-state index < -0.39 is 0 Å². The van der Waals surface area contributed by atoms with Gasteiger partial charge < -0.3 is 15.5 Å². The number of nitrogens with one attached hydrogen (secondary N) is 1. The number of para-hydroxylation sites is 1. The number of amidine groups is 1. The minimum atomic E-state index is -0.285. The van der Waals surface area contributed by atoms with E-state index in [9.17, 15) is 4.39 Å². The minimum absolute atomic E-state index is 0.0930. The van der Waals surface area contributed by atoms with E-state index in [0.717, 1.165) is 22.0 Å². The molecule has 0 bridgehead atoms. The van der Waals surface area contributed by atoms with Gasteiger partial charge in [-0.3, -0.25) is 0 Å². The van der Waals surface area contributed by atoms with Crippen LogP contribution >= 0.6 is 0 Å². The SMILES string of the molecule is C/N=C(/N)OCCc1cc(C#Cc2cccc3cc[nH]c23)ccc1F. The van der Waals surface area contributed by atoms with Crippen molar-refractivity contribution in [2.24, 2.45) is 10.7 Å². The molecule has 3 N–H and O–H groups in total. The molecule has 0 amide bonds. The van der Waals surface area contributed by atoms with Crippen molar-refractivity contribution in [3.8, 4) is 11.8 Å². The molecule has 0 aliphatic carbocycles. The molecule has 0 aliphatic rings. The number of ether oxygens (including phenoxy) is 1. The smallest absolute Gasteiger partial charge is 0.281 e. The summed E-state index contributed by atoms with van der Waals surface area (Å²) in [6.45, 7) is 0.263. The van der Waals surface area contributed by atoms with Crippen LogP contribution in [0.4, 0.5) is 4.39 Å². The van der Waals surface area contributed by atoms with E-state index in [2.05, 4.69) is 21.8 Å². The summed E-state index contributed by atoms with van der Waals surface area (Å²) < 4.78 is 19.1. The Labute approximate surface area is 145 Å². The van der Waals surface area contributed by atoms with Crippen LogP contribution in [0.25, 0.3) is 10.9 Å². The molecule has 0 radical (unpaired) electrons. The van der Waals surface area contributed by atoms with Crippen molar-refractivity contribution in [2.45, 2.75) is 6.42 Å². The fourth-order valence-electron chi connectivity index (χ4n) is 2.50. The summed E-state index contributed by atoms with van der Waals surface area (Å²) in [5.41, 5.74) is 8.65. The Bertz CT molecular complexity index is 979. The summed E-state index contributed by atoms with van der Waals surface area (Å²) in [7, 11) is 1.54. The first-order valence-electron chi connectivity index (χ1n) is 7.89. The summed E-state index contributed by atoms with van der Waals surface area (Å²) in [5, 5.41) is 1.11. The van der Waals surface area contributed by atoms with Crippen molar-refractivity contribution in [3.63, 3.8) is 0 Å². The predicted molar refractivity (Wildman–Crippen MR) is 97.9 cm³/mol. The number of hydrogen-bond acceptors (Lipinski definition) is 2. The lowest BCUT2D eigenvalue weighted by molar-refractivity contribution is 0.301. The van der Waals surface area contributed by atoms with Crippen molar-refractivity contribution in [1.29, 1.82) is 0 Å². The maximum absolute atomic E-state index is 13.9. The van der Waals surface area contributed by atoms with E-state index >= 15 is 0 Å². The van der Waals surface area contributed by atoms with Gasteiger partial charge in [0.25, 0.3) is 6.02 Å². The molecule has 5 heteroatoms. The average molecular weight is 335 g/mol. The van der Waals surface area contributed by atoms with E-state index in [0.29, 0.717) is 12.0 Å². The second-order valence-corrected chi connectivity index (χ2v) is 5.46. The van der Waals surface area contributed by atoms with Gasteiger partial charge in [-0.15, -0.1) is 0 Å². The van der Waals surface area contributed by atoms with Crippen LogP contribution in [0.3, 0.4) is 0 Å². The van der Waals surface area contributed by atoms with Gasteiger partial charge in [-0.05, 0) is 35.9 Å². The lowest BCUT2D eigenvalue weighted by Gasteiger charge is -2.06. The summed E-state index contributed by atoms with van der Waals surface area (Å²) in [4.78, 5) is 6.88. The second-order valence-electron chi connectivity index (χ2n) is 5.46. The van der Waals surface area contributed by atoms with Crippen molar-refractivity contribution >= 4 is 16.9 Å². The van der Waals surface area contributed by atoms with Crippen LogP contribution in [0.2, 0.25) is 0 Å². The molecule has 1 heterocycles. The molecule has 0 saturated carbocycles. The van der Waals surface area contributed by atoms with Crippen molar-refractivity contribution in [1.82, 2.24) is 4.98 Å². The zero-order chi connectivity index (χ0) is 17.6. The Morgan fingerprint density at radius 2 is 2.12 bits per heavy atom. The molecular weight excluding hydrogens is 317 g/mol. The van der Waals surface area contributed by atoms with Crippen LogP contribution in [-0.2, 0) is 11.2 Å². The number of benzene rings is 2. The van der Waals surface area contributed by atoms with Gasteiger partial charge in [-0.1, -0.05) is 24.0 Å². The Morgan fingerprint density at radius 3 is 2.96 bits per heavy atom. The van der Waals surface area contributed by atoms with E-state index in [-0.39, 0.29) is 18.4 Å². The van der Waals surface area contributed by atoms with E-state index in [4.69, 9.17) is 10.5 Å². The van der Waals surface area contributed by atoms with E-state index in [1.165, 1.54) is 13.1 Å². The van der Waals surface area contributed by atoms with E-state index in [1.807, 2.05) is 30.5 Å². The standard InChI is InChI=1S/C20H18FN3O/c1-23-20(22)25-12-10-17-13-14(6-8-18(17)21)5-7-15-3-2-4-16-9-11-24-19(15)16/h2-4,6,8-9,11,13,24H,10,12H2,1H3,(H2,22,23). The fraction of sp³-hybridized carbons (Fsp3) is 0.150. The zero-order valence-electron chi connectivity index (χ0n) is 13.8. The molecule has 3 rings (SSSR count). The topological polar surface area (TPSA) is 63.4 Å². The first kappa shape index (κ1) is 16.6. The number of H-pyrrole nitrogens is 1. The van der Waals surface area contributed by atoms with Gasteiger partial charge in [-0.25, -0.2) is 9.38 Å². The Hall–Kier alpha value is -3.26. The Kier molecular flexibility index (Phi) is 5.00. The maximum atomic E-state index is 13.9. The quantitative estimate of drug-likeness (QED) is 0.438. The number of fused-ring (bicyclic) bond motifs is 1. The highest BCUT2D eigenvalue weighted by atomic mass is 19.1. The number of rotatable bonds is 3. The molecule has 0 unspecified atom stereocenters. The summed E-state index contributed by atoms with van der Waals surface area (Å²) in [6.07, 6.45) is 2.28. The number of aromatic amines is 1. The third kappa shape index (κ3) is 3.99. The predicted octanol–water partition coefficient (Wildman–Crippen LogP) is 3.21. The number of aliphatic imine (C=N–C) groups is 1. The van der Waals surface area contributed by atoms with Crippen LogP contribution < -0.4 is 5.73 Å². The van der Waals surface area contributed by atoms with Crippen molar-refractivity contribution in [2.75, 3.05) is 13.7 Å². The molecule has 25 heavy (non-hydrogen) atoms. The number of nitrogens with two attached hydrogens (primary N) is 1. The molecule has 0 spiro atoms. The normalized spacial score (nSPS) is 11.2. The second kappa shape index (κ2) is 7.54. The fourth-order valence-corrected chi connectivity index (χ4v) is 2.50. The summed E-state index contributed by atoms with van der Waals surface area (Å²) >= 11 is 0. The number of nitrogens with zero attached hydrogens (tertiary/aromatic N) is 1. The Balaban J connectivity index is 1.80. The molecule has 1 aromatic heterocycles. The van der Waals surface area contributed by atoms with Gasteiger partial charge in [0, 0.05) is 36.2 Å². The van der Waals surface area contributed by atoms with Crippen LogP contribution in [0.5, 0.6) is 0 Å². The van der Waals surface area contributed by atoms with Crippen molar-refractivity contribution < 1.29 is 9.13 Å². The van der Waals surface area contributed by atoms with Crippen LogP contribution in [0.15, 0.2) is 53.7 Å². The number of hydrogen-bond donors (Lipinski definition) is 2. The van der Waals surface area contributed by atoms with E-state index in [1.54, 1.807) is 12.1 Å².